The van der Waals surface area contributed by atoms with E-state index in [-0.39, 0.29) is 28.0 Å². The first-order valence-corrected chi connectivity index (χ1v) is 13.6. The van der Waals surface area contributed by atoms with Crippen molar-refractivity contribution in [1.29, 1.82) is 0 Å². The Balaban J connectivity index is 1.55. The standard InChI is InChI=1S/C22H23N3O5S3/c1-15-6-9-19(10-7-15)32(27,28)24-23-22(26)21-13-18(31)14-25(21)33(29,30)20-11-8-16-4-2-3-5-17(16)12-20/h2-12,18,21,24,31H,13-14H2,1H3,(H,23,26)/t18-,21+/m1/s1. The Morgan fingerprint density at radius 1 is 0.939 bits per heavy atom. The number of amides is 1. The van der Waals surface area contributed by atoms with Gasteiger partial charge in [0.25, 0.3) is 15.9 Å². The van der Waals surface area contributed by atoms with Crippen molar-refractivity contribution in [2.45, 2.75) is 34.4 Å². The number of carbonyl (C=O) groups excluding carboxylic acids is 1. The lowest BCUT2D eigenvalue weighted by molar-refractivity contribution is -0.124. The minimum Gasteiger partial charge on any atom is -0.276 e. The smallest absolute Gasteiger partial charge is 0.257 e. The highest BCUT2D eigenvalue weighted by molar-refractivity contribution is 7.89. The molecule has 0 bridgehead atoms. The molecular formula is C22H23N3O5S3. The molecule has 0 aliphatic carbocycles. The maximum atomic E-state index is 13.4. The molecule has 11 heteroatoms. The maximum Gasteiger partial charge on any atom is 0.257 e. The van der Waals surface area contributed by atoms with Gasteiger partial charge in [-0.3, -0.25) is 10.2 Å². The van der Waals surface area contributed by atoms with Gasteiger partial charge in [-0.25, -0.2) is 16.8 Å². The van der Waals surface area contributed by atoms with Crippen LogP contribution in [-0.4, -0.2) is 44.9 Å². The number of hydrazine groups is 1. The Morgan fingerprint density at radius 2 is 1.58 bits per heavy atom. The van der Waals surface area contributed by atoms with Crippen LogP contribution in [0.5, 0.6) is 0 Å². The molecule has 174 valence electrons. The molecule has 1 saturated heterocycles. The molecule has 1 amide bonds. The molecule has 1 heterocycles. The summed E-state index contributed by atoms with van der Waals surface area (Å²) in [4.78, 5) is 14.9. The molecule has 3 aromatic carbocycles. The summed E-state index contributed by atoms with van der Waals surface area (Å²) >= 11 is 4.38. The number of aryl methyl sites for hydroxylation is 1. The molecular weight excluding hydrogens is 482 g/mol. The maximum absolute atomic E-state index is 13.4. The van der Waals surface area contributed by atoms with Crippen molar-refractivity contribution in [2.24, 2.45) is 0 Å². The summed E-state index contributed by atoms with van der Waals surface area (Å²) in [6.07, 6.45) is 0.147. The van der Waals surface area contributed by atoms with Crippen LogP contribution in [0.15, 0.2) is 76.5 Å². The number of thiol groups is 1. The Kier molecular flexibility index (Phi) is 6.52. The normalized spacial score (nSPS) is 19.6. The van der Waals surface area contributed by atoms with Gasteiger partial charge < -0.3 is 0 Å². The van der Waals surface area contributed by atoms with Crippen molar-refractivity contribution >= 4 is 49.4 Å². The first kappa shape index (κ1) is 23.7. The van der Waals surface area contributed by atoms with E-state index in [9.17, 15) is 21.6 Å². The first-order chi connectivity index (χ1) is 15.6. The SMILES string of the molecule is Cc1ccc(S(=O)(=O)NNC(=O)[C@@H]2C[C@@H](S)CN2S(=O)(=O)c2ccc3ccccc3c2)cc1. The summed E-state index contributed by atoms with van der Waals surface area (Å²) in [7, 11) is -8.04. The van der Waals surface area contributed by atoms with Gasteiger partial charge in [0.05, 0.1) is 9.79 Å². The lowest BCUT2D eigenvalue weighted by Gasteiger charge is -2.23. The third kappa shape index (κ3) is 4.92. The van der Waals surface area contributed by atoms with E-state index in [1.54, 1.807) is 24.3 Å². The molecule has 8 nitrogen and oxygen atoms in total. The lowest BCUT2D eigenvalue weighted by atomic mass is 10.1. The quantitative estimate of drug-likeness (QED) is 0.351. The predicted octanol–water partition coefficient (Wildman–Crippen LogP) is 2.22. The summed E-state index contributed by atoms with van der Waals surface area (Å²) in [5.41, 5.74) is 3.05. The molecule has 0 spiro atoms. The largest absolute Gasteiger partial charge is 0.276 e. The first-order valence-electron chi connectivity index (χ1n) is 10.1. The van der Waals surface area contributed by atoms with E-state index in [1.165, 1.54) is 18.2 Å². The molecule has 2 N–H and O–H groups in total. The van der Waals surface area contributed by atoms with Gasteiger partial charge in [-0.2, -0.15) is 16.9 Å². The van der Waals surface area contributed by atoms with Crippen molar-refractivity contribution in [3.8, 4) is 0 Å². The predicted molar refractivity (Wildman–Crippen MR) is 129 cm³/mol. The third-order valence-corrected chi connectivity index (χ3v) is 9.01. The fraction of sp³-hybridized carbons (Fsp3) is 0.227. The van der Waals surface area contributed by atoms with Gasteiger partial charge in [0, 0.05) is 11.8 Å². The highest BCUT2D eigenvalue weighted by Crippen LogP contribution is 2.30. The average molecular weight is 506 g/mol. The minimum absolute atomic E-state index is 0.0208. The number of rotatable bonds is 6. The van der Waals surface area contributed by atoms with Gasteiger partial charge in [-0.05, 0) is 48.4 Å². The highest BCUT2D eigenvalue weighted by atomic mass is 32.2. The number of carbonyl (C=O) groups is 1. The van der Waals surface area contributed by atoms with Crippen molar-refractivity contribution in [3.63, 3.8) is 0 Å². The van der Waals surface area contributed by atoms with Crippen LogP contribution in [0.2, 0.25) is 0 Å². The van der Waals surface area contributed by atoms with Crippen LogP contribution >= 0.6 is 12.6 Å². The van der Waals surface area contributed by atoms with Crippen LogP contribution in [0.1, 0.15) is 12.0 Å². The van der Waals surface area contributed by atoms with Crippen molar-refractivity contribution < 1.29 is 21.6 Å². The van der Waals surface area contributed by atoms with Gasteiger partial charge in [0.15, 0.2) is 0 Å². The molecule has 0 unspecified atom stereocenters. The van der Waals surface area contributed by atoms with E-state index in [4.69, 9.17) is 0 Å². The van der Waals surface area contributed by atoms with Crippen LogP contribution in [0.25, 0.3) is 10.8 Å². The van der Waals surface area contributed by atoms with Crippen LogP contribution < -0.4 is 10.3 Å². The zero-order chi connectivity index (χ0) is 23.8. The lowest BCUT2D eigenvalue weighted by Crippen LogP contribution is -2.51. The average Bonchev–Trinajstić information content (AvgIpc) is 3.20. The van der Waals surface area contributed by atoms with Gasteiger partial charge in [-0.1, -0.05) is 48.0 Å². The van der Waals surface area contributed by atoms with Crippen molar-refractivity contribution in [2.75, 3.05) is 6.54 Å². The van der Waals surface area contributed by atoms with E-state index in [1.807, 2.05) is 36.0 Å². The van der Waals surface area contributed by atoms with E-state index in [2.05, 4.69) is 18.1 Å². The molecule has 1 aliphatic rings. The third-order valence-electron chi connectivity index (χ3n) is 5.50. The van der Waals surface area contributed by atoms with Crippen molar-refractivity contribution in [3.05, 3.63) is 72.3 Å². The topological polar surface area (TPSA) is 113 Å². The van der Waals surface area contributed by atoms with E-state index < -0.39 is 32.0 Å². The molecule has 0 saturated carbocycles. The van der Waals surface area contributed by atoms with Crippen LogP contribution in [0, 0.1) is 6.92 Å². The number of benzene rings is 3. The fourth-order valence-corrected chi connectivity index (χ4v) is 6.74. The van der Waals surface area contributed by atoms with Crippen molar-refractivity contribution in [1.82, 2.24) is 14.6 Å². The van der Waals surface area contributed by atoms with Crippen LogP contribution in [0.3, 0.4) is 0 Å². The van der Waals surface area contributed by atoms with Crippen LogP contribution in [-0.2, 0) is 24.8 Å². The molecule has 0 radical (unpaired) electrons. The molecule has 1 fully saturated rings. The highest BCUT2D eigenvalue weighted by Gasteiger charge is 2.43. The zero-order valence-corrected chi connectivity index (χ0v) is 20.2. The summed E-state index contributed by atoms with van der Waals surface area (Å²) in [5, 5.41) is 1.28. The van der Waals surface area contributed by atoms with Crippen LogP contribution in [0.4, 0.5) is 0 Å². The fourth-order valence-electron chi connectivity index (χ4n) is 3.73. The number of hydrogen-bond donors (Lipinski definition) is 3. The zero-order valence-electron chi connectivity index (χ0n) is 17.7. The Hall–Kier alpha value is -2.44. The molecule has 33 heavy (non-hydrogen) atoms. The second-order valence-corrected chi connectivity index (χ2v) is 12.2. The molecule has 2 atom stereocenters. The minimum atomic E-state index is -4.02. The number of sulfonamides is 2. The summed E-state index contributed by atoms with van der Waals surface area (Å²) < 4.78 is 52.8. The monoisotopic (exact) mass is 505 g/mol. The Bertz CT molecular complexity index is 1410. The van der Waals surface area contributed by atoms with E-state index >= 15 is 0 Å². The Labute approximate surface area is 198 Å². The van der Waals surface area contributed by atoms with Gasteiger partial charge >= 0.3 is 0 Å². The summed E-state index contributed by atoms with van der Waals surface area (Å²) in [6.45, 7) is 1.85. The second kappa shape index (κ2) is 9.07. The molecule has 4 rings (SSSR count). The summed E-state index contributed by atoms with van der Waals surface area (Å²) in [6, 6.07) is 17.1. The Morgan fingerprint density at radius 3 is 2.27 bits per heavy atom. The number of nitrogens with zero attached hydrogens (tertiary/aromatic N) is 1. The summed E-state index contributed by atoms with van der Waals surface area (Å²) in [5.74, 6) is -0.772. The molecule has 1 aliphatic heterocycles. The van der Waals surface area contributed by atoms with Gasteiger partial charge in [0.1, 0.15) is 6.04 Å². The van der Waals surface area contributed by atoms with E-state index in [0.717, 1.165) is 20.6 Å². The number of hydrogen-bond acceptors (Lipinski definition) is 6. The van der Waals surface area contributed by atoms with E-state index in [0.29, 0.717) is 0 Å². The number of nitrogens with one attached hydrogen (secondary N) is 2. The van der Waals surface area contributed by atoms with Gasteiger partial charge in [-0.15, -0.1) is 4.83 Å². The second-order valence-electron chi connectivity index (χ2n) is 7.90. The molecule has 0 aromatic heterocycles. The number of fused-ring (bicyclic) bond motifs is 1. The molecule has 3 aromatic rings. The van der Waals surface area contributed by atoms with Gasteiger partial charge in [0.2, 0.25) is 10.0 Å².